The Kier molecular flexibility index (Phi) is 12.0. The van der Waals surface area contributed by atoms with Gasteiger partial charge in [0.1, 0.15) is 0 Å². The summed E-state index contributed by atoms with van der Waals surface area (Å²) in [5.74, 6) is 0.944. The molecule has 1 fully saturated rings. The molecule has 1 aliphatic heterocycles. The molecule has 0 aromatic rings. The number of morpholine rings is 1. The summed E-state index contributed by atoms with van der Waals surface area (Å²) in [6, 6.07) is 0.492. The summed E-state index contributed by atoms with van der Waals surface area (Å²) in [6.07, 6.45) is 8.93. The van der Waals surface area contributed by atoms with E-state index in [0.717, 1.165) is 38.8 Å². The molecule has 1 rings (SSSR count). The van der Waals surface area contributed by atoms with E-state index in [0.29, 0.717) is 6.04 Å². The standard InChI is InChI=1S/C18H38N4O/c1-4-5-6-7-10-17(2)21-18(19-3)20-11-8-9-12-22-13-15-23-16-14-22/h17H,4-16H2,1-3H3,(H2,19,20,21). The fourth-order valence-electron chi connectivity index (χ4n) is 2.87. The fourth-order valence-corrected chi connectivity index (χ4v) is 2.87. The highest BCUT2D eigenvalue weighted by atomic mass is 16.5. The molecule has 0 amide bonds. The van der Waals surface area contributed by atoms with Crippen LogP contribution in [0.15, 0.2) is 4.99 Å². The van der Waals surface area contributed by atoms with Crippen molar-refractivity contribution in [3.8, 4) is 0 Å². The molecule has 23 heavy (non-hydrogen) atoms. The van der Waals surface area contributed by atoms with Crippen LogP contribution < -0.4 is 10.6 Å². The largest absolute Gasteiger partial charge is 0.379 e. The predicted octanol–water partition coefficient (Wildman–Crippen LogP) is 2.62. The Morgan fingerprint density at radius 3 is 2.61 bits per heavy atom. The van der Waals surface area contributed by atoms with Gasteiger partial charge < -0.3 is 15.4 Å². The Morgan fingerprint density at radius 1 is 1.13 bits per heavy atom. The number of unbranched alkanes of at least 4 members (excludes halogenated alkanes) is 4. The predicted molar refractivity (Wildman–Crippen MR) is 99.2 cm³/mol. The Labute approximate surface area is 143 Å². The van der Waals surface area contributed by atoms with Crippen LogP contribution in [0.4, 0.5) is 0 Å². The minimum absolute atomic E-state index is 0.492. The van der Waals surface area contributed by atoms with Gasteiger partial charge in [-0.25, -0.2) is 0 Å². The van der Waals surface area contributed by atoms with Crippen LogP contribution in [-0.4, -0.2) is 63.3 Å². The number of hydrogen-bond acceptors (Lipinski definition) is 3. The second kappa shape index (κ2) is 13.6. The average molecular weight is 327 g/mol. The molecule has 5 heteroatoms. The maximum absolute atomic E-state index is 5.37. The highest BCUT2D eigenvalue weighted by Gasteiger charge is 2.09. The van der Waals surface area contributed by atoms with Crippen LogP contribution in [-0.2, 0) is 4.74 Å². The van der Waals surface area contributed by atoms with E-state index in [-0.39, 0.29) is 0 Å². The summed E-state index contributed by atoms with van der Waals surface area (Å²) in [4.78, 5) is 6.82. The number of nitrogens with zero attached hydrogens (tertiary/aromatic N) is 2. The van der Waals surface area contributed by atoms with Gasteiger partial charge in [0.15, 0.2) is 5.96 Å². The highest BCUT2D eigenvalue weighted by Crippen LogP contribution is 2.05. The Hall–Kier alpha value is -0.810. The van der Waals surface area contributed by atoms with Gasteiger partial charge in [-0.3, -0.25) is 9.89 Å². The summed E-state index contributed by atoms with van der Waals surface area (Å²) >= 11 is 0. The number of aliphatic imine (C=N–C) groups is 1. The number of hydrogen-bond donors (Lipinski definition) is 2. The quantitative estimate of drug-likeness (QED) is 0.348. The number of rotatable bonds is 11. The van der Waals surface area contributed by atoms with Gasteiger partial charge in [0, 0.05) is 32.7 Å². The molecule has 0 spiro atoms. The van der Waals surface area contributed by atoms with Crippen molar-refractivity contribution in [3.63, 3.8) is 0 Å². The Morgan fingerprint density at radius 2 is 1.91 bits per heavy atom. The second-order valence-electron chi connectivity index (χ2n) is 6.55. The van der Waals surface area contributed by atoms with Crippen LogP contribution in [0.25, 0.3) is 0 Å². The van der Waals surface area contributed by atoms with Crippen molar-refractivity contribution in [3.05, 3.63) is 0 Å². The smallest absolute Gasteiger partial charge is 0.191 e. The Bertz CT molecular complexity index is 303. The van der Waals surface area contributed by atoms with Crippen molar-refractivity contribution in [1.82, 2.24) is 15.5 Å². The van der Waals surface area contributed by atoms with Crippen molar-refractivity contribution in [1.29, 1.82) is 0 Å². The van der Waals surface area contributed by atoms with Crippen molar-refractivity contribution >= 4 is 5.96 Å². The summed E-state index contributed by atoms with van der Waals surface area (Å²) in [5, 5.41) is 6.93. The first-order chi connectivity index (χ1) is 11.3. The fraction of sp³-hybridized carbons (Fsp3) is 0.944. The van der Waals surface area contributed by atoms with Gasteiger partial charge >= 0.3 is 0 Å². The monoisotopic (exact) mass is 326 g/mol. The van der Waals surface area contributed by atoms with Gasteiger partial charge in [0.2, 0.25) is 0 Å². The van der Waals surface area contributed by atoms with E-state index in [1.807, 2.05) is 7.05 Å². The molecule has 136 valence electrons. The molecule has 0 radical (unpaired) electrons. The van der Waals surface area contributed by atoms with Crippen LogP contribution >= 0.6 is 0 Å². The summed E-state index contributed by atoms with van der Waals surface area (Å²) in [7, 11) is 1.85. The van der Waals surface area contributed by atoms with Crippen LogP contribution in [0.5, 0.6) is 0 Å². The number of guanidine groups is 1. The lowest BCUT2D eigenvalue weighted by atomic mass is 10.1. The van der Waals surface area contributed by atoms with E-state index in [2.05, 4.69) is 34.4 Å². The van der Waals surface area contributed by atoms with Crippen LogP contribution in [0.1, 0.15) is 58.8 Å². The second-order valence-corrected chi connectivity index (χ2v) is 6.55. The zero-order valence-electron chi connectivity index (χ0n) is 15.6. The Balaban J connectivity index is 2.02. The molecule has 1 heterocycles. The molecule has 2 N–H and O–H groups in total. The van der Waals surface area contributed by atoms with Crippen molar-refractivity contribution in [2.24, 2.45) is 4.99 Å². The van der Waals surface area contributed by atoms with Gasteiger partial charge in [-0.15, -0.1) is 0 Å². The minimum Gasteiger partial charge on any atom is -0.379 e. The van der Waals surface area contributed by atoms with Crippen LogP contribution in [0.2, 0.25) is 0 Å². The molecule has 5 nitrogen and oxygen atoms in total. The molecule has 0 aliphatic carbocycles. The molecular formula is C18H38N4O. The lowest BCUT2D eigenvalue weighted by Gasteiger charge is -2.26. The first-order valence-electron chi connectivity index (χ1n) is 9.53. The van der Waals surface area contributed by atoms with E-state index in [1.165, 1.54) is 51.5 Å². The average Bonchev–Trinajstić information content (AvgIpc) is 2.58. The number of ether oxygens (including phenoxy) is 1. The first kappa shape index (κ1) is 20.2. The van der Waals surface area contributed by atoms with Crippen molar-refractivity contribution in [2.75, 3.05) is 46.4 Å². The summed E-state index contributed by atoms with van der Waals surface area (Å²) in [6.45, 7) is 10.6. The lowest BCUT2D eigenvalue weighted by molar-refractivity contribution is 0.0372. The van der Waals surface area contributed by atoms with E-state index < -0.39 is 0 Å². The molecule has 1 unspecified atom stereocenters. The van der Waals surface area contributed by atoms with Crippen molar-refractivity contribution in [2.45, 2.75) is 64.8 Å². The van der Waals surface area contributed by atoms with E-state index in [9.17, 15) is 0 Å². The molecule has 0 aromatic carbocycles. The third-order valence-corrected chi connectivity index (χ3v) is 4.39. The molecular weight excluding hydrogens is 288 g/mol. The lowest BCUT2D eigenvalue weighted by Crippen LogP contribution is -2.42. The summed E-state index contributed by atoms with van der Waals surface area (Å²) in [5.41, 5.74) is 0. The summed E-state index contributed by atoms with van der Waals surface area (Å²) < 4.78 is 5.37. The maximum Gasteiger partial charge on any atom is 0.191 e. The van der Waals surface area contributed by atoms with E-state index in [1.54, 1.807) is 0 Å². The first-order valence-corrected chi connectivity index (χ1v) is 9.53. The third-order valence-electron chi connectivity index (χ3n) is 4.39. The molecule has 1 atom stereocenters. The van der Waals surface area contributed by atoms with Gasteiger partial charge in [-0.05, 0) is 32.7 Å². The zero-order valence-corrected chi connectivity index (χ0v) is 15.6. The third kappa shape index (κ3) is 10.6. The topological polar surface area (TPSA) is 48.9 Å². The number of nitrogens with one attached hydrogen (secondary N) is 2. The van der Waals surface area contributed by atoms with Crippen molar-refractivity contribution < 1.29 is 4.74 Å². The minimum atomic E-state index is 0.492. The van der Waals surface area contributed by atoms with E-state index in [4.69, 9.17) is 4.74 Å². The van der Waals surface area contributed by atoms with Crippen LogP contribution in [0, 0.1) is 0 Å². The normalized spacial score (nSPS) is 18.0. The maximum atomic E-state index is 5.37. The van der Waals surface area contributed by atoms with Gasteiger partial charge in [-0.2, -0.15) is 0 Å². The van der Waals surface area contributed by atoms with Gasteiger partial charge in [0.05, 0.1) is 13.2 Å². The molecule has 0 saturated carbocycles. The van der Waals surface area contributed by atoms with E-state index >= 15 is 0 Å². The zero-order chi connectivity index (χ0) is 16.8. The van der Waals surface area contributed by atoms with Crippen LogP contribution in [0.3, 0.4) is 0 Å². The van der Waals surface area contributed by atoms with Gasteiger partial charge in [-0.1, -0.05) is 32.6 Å². The molecule has 1 aliphatic rings. The highest BCUT2D eigenvalue weighted by molar-refractivity contribution is 5.79. The molecule has 1 saturated heterocycles. The molecule has 0 aromatic heterocycles. The molecule has 0 bridgehead atoms. The van der Waals surface area contributed by atoms with Gasteiger partial charge in [0.25, 0.3) is 0 Å². The SMILES string of the molecule is CCCCCCC(C)NC(=NC)NCCCCN1CCOCC1.